The van der Waals surface area contributed by atoms with Gasteiger partial charge in [-0.3, -0.25) is 14.5 Å². The number of urea groups is 1. The molecular weight excluding hydrogens is 354 g/mol. The van der Waals surface area contributed by atoms with Crippen molar-refractivity contribution in [1.29, 1.82) is 0 Å². The summed E-state index contributed by atoms with van der Waals surface area (Å²) >= 11 is 0. The molecule has 6 heteroatoms. The van der Waals surface area contributed by atoms with Gasteiger partial charge >= 0.3 is 6.03 Å². The second kappa shape index (κ2) is 6.19. The minimum Gasteiger partial charge on any atom is -0.317 e. The number of hydrogen-bond donors (Lipinski definition) is 2. The predicted octanol–water partition coefficient (Wildman–Crippen LogP) is 3.11. The lowest BCUT2D eigenvalue weighted by atomic mass is 9.85. The van der Waals surface area contributed by atoms with Crippen LogP contribution in [0.25, 0.3) is 10.8 Å². The fourth-order valence-electron chi connectivity index (χ4n) is 5.05. The molecule has 0 radical (unpaired) electrons. The van der Waals surface area contributed by atoms with Crippen LogP contribution in [-0.2, 0) is 9.59 Å². The van der Waals surface area contributed by atoms with Gasteiger partial charge in [0.25, 0.3) is 0 Å². The third-order valence-electron chi connectivity index (χ3n) is 6.27. The molecule has 0 aromatic heterocycles. The second-order valence-corrected chi connectivity index (χ2v) is 7.85. The molecule has 2 aromatic carbocycles. The summed E-state index contributed by atoms with van der Waals surface area (Å²) in [5.74, 6) is -0.517. The van der Waals surface area contributed by atoms with Crippen LogP contribution in [0, 0.1) is 23.7 Å². The van der Waals surface area contributed by atoms with Crippen LogP contribution in [0.1, 0.15) is 13.3 Å². The maximum absolute atomic E-state index is 12.8. The van der Waals surface area contributed by atoms with Crippen LogP contribution in [0.3, 0.4) is 0 Å². The lowest BCUT2D eigenvalue weighted by Gasteiger charge is -2.25. The average Bonchev–Trinajstić information content (AvgIpc) is 3.35. The number of fused-ring (bicyclic) bond motifs is 6. The summed E-state index contributed by atoms with van der Waals surface area (Å²) < 4.78 is 0. The Morgan fingerprint density at radius 2 is 1.64 bits per heavy atom. The summed E-state index contributed by atoms with van der Waals surface area (Å²) in [4.78, 5) is 39.5. The fraction of sp³-hybridized carbons (Fsp3) is 0.318. The van der Waals surface area contributed by atoms with Gasteiger partial charge in [0.15, 0.2) is 0 Å². The number of carbonyl (C=O) groups is 3. The van der Waals surface area contributed by atoms with Gasteiger partial charge in [-0.25, -0.2) is 4.79 Å². The van der Waals surface area contributed by atoms with Crippen molar-refractivity contribution in [1.82, 2.24) is 10.2 Å². The van der Waals surface area contributed by atoms with Crippen LogP contribution in [0.15, 0.2) is 54.6 Å². The molecule has 2 N–H and O–H groups in total. The highest BCUT2D eigenvalue weighted by molar-refractivity contribution is 6.07. The van der Waals surface area contributed by atoms with Gasteiger partial charge in [-0.1, -0.05) is 48.6 Å². The van der Waals surface area contributed by atoms with Gasteiger partial charge in [0.1, 0.15) is 6.17 Å². The van der Waals surface area contributed by atoms with Gasteiger partial charge in [-0.05, 0) is 36.6 Å². The fourth-order valence-corrected chi connectivity index (χ4v) is 5.05. The van der Waals surface area contributed by atoms with Crippen LogP contribution in [0.5, 0.6) is 0 Å². The molecule has 1 saturated carbocycles. The summed E-state index contributed by atoms with van der Waals surface area (Å²) in [5.41, 5.74) is 0.681. The minimum absolute atomic E-state index is 0.160. The van der Waals surface area contributed by atoms with E-state index in [4.69, 9.17) is 0 Å². The molecule has 3 aliphatic rings. The number of imide groups is 1. The third-order valence-corrected chi connectivity index (χ3v) is 6.27. The van der Waals surface area contributed by atoms with E-state index >= 15 is 0 Å². The molecule has 4 amide bonds. The van der Waals surface area contributed by atoms with Gasteiger partial charge in [0.2, 0.25) is 11.8 Å². The number of nitrogens with one attached hydrogen (secondary N) is 2. The number of benzene rings is 2. The summed E-state index contributed by atoms with van der Waals surface area (Å²) in [6.45, 7) is 1.68. The molecule has 1 saturated heterocycles. The average molecular weight is 375 g/mol. The van der Waals surface area contributed by atoms with Crippen molar-refractivity contribution in [2.24, 2.45) is 23.7 Å². The molecule has 0 spiro atoms. The number of amides is 4. The van der Waals surface area contributed by atoms with E-state index in [1.165, 1.54) is 4.90 Å². The van der Waals surface area contributed by atoms with Gasteiger partial charge in [0.05, 0.1) is 17.5 Å². The zero-order valence-electron chi connectivity index (χ0n) is 15.5. The van der Waals surface area contributed by atoms with Crippen LogP contribution >= 0.6 is 0 Å². The van der Waals surface area contributed by atoms with E-state index in [-0.39, 0.29) is 35.5 Å². The van der Waals surface area contributed by atoms with Gasteiger partial charge in [-0.2, -0.15) is 0 Å². The Hall–Kier alpha value is -3.15. The van der Waals surface area contributed by atoms with Crippen LogP contribution in [-0.4, -0.2) is 28.9 Å². The lowest BCUT2D eigenvalue weighted by molar-refractivity contribution is -0.143. The summed E-state index contributed by atoms with van der Waals surface area (Å²) in [7, 11) is 0. The number of rotatable bonds is 3. The van der Waals surface area contributed by atoms with Crippen LogP contribution in [0.2, 0.25) is 0 Å². The maximum Gasteiger partial charge on any atom is 0.320 e. The summed E-state index contributed by atoms with van der Waals surface area (Å²) in [5, 5.41) is 7.54. The van der Waals surface area contributed by atoms with Crippen molar-refractivity contribution in [3.63, 3.8) is 0 Å². The van der Waals surface area contributed by atoms with E-state index < -0.39 is 12.2 Å². The first-order chi connectivity index (χ1) is 13.5. The monoisotopic (exact) mass is 375 g/mol. The number of carbonyl (C=O) groups excluding carboxylic acids is 3. The molecule has 5 rings (SSSR count). The third kappa shape index (κ3) is 2.44. The van der Waals surface area contributed by atoms with Crippen molar-refractivity contribution < 1.29 is 14.4 Å². The molecule has 1 aliphatic heterocycles. The maximum atomic E-state index is 12.8. The molecule has 2 aromatic rings. The smallest absolute Gasteiger partial charge is 0.317 e. The molecule has 1 heterocycles. The van der Waals surface area contributed by atoms with Crippen molar-refractivity contribution in [2.75, 3.05) is 5.32 Å². The number of nitrogens with zero attached hydrogens (tertiary/aromatic N) is 1. The topological polar surface area (TPSA) is 78.5 Å². The minimum atomic E-state index is -0.694. The Bertz CT molecular complexity index is 995. The number of allylic oxidation sites excluding steroid dienone is 2. The van der Waals surface area contributed by atoms with Crippen molar-refractivity contribution >= 4 is 34.3 Å². The molecule has 5 unspecified atom stereocenters. The van der Waals surface area contributed by atoms with E-state index in [2.05, 4.69) is 22.8 Å². The SMILES string of the molecule is CC(NC(=O)Nc1cccc2ccccc12)N1C(=O)C2C3C=CC(C3)C2C1=O. The van der Waals surface area contributed by atoms with Crippen molar-refractivity contribution in [2.45, 2.75) is 19.5 Å². The largest absolute Gasteiger partial charge is 0.320 e. The molecule has 2 fully saturated rings. The molecule has 142 valence electrons. The standard InChI is InChI=1S/C22H21N3O3/c1-12(25-20(26)18-14-9-10-15(11-14)19(18)21(25)27)23-22(28)24-17-8-4-6-13-5-2-3-7-16(13)17/h2-10,12,14-15,18-19H,11H2,1H3,(H2,23,24,28). The highest BCUT2D eigenvalue weighted by Gasteiger charge is 2.60. The van der Waals surface area contributed by atoms with Crippen molar-refractivity contribution in [3.8, 4) is 0 Å². The second-order valence-electron chi connectivity index (χ2n) is 7.85. The summed E-state index contributed by atoms with van der Waals surface area (Å²) in [6, 6.07) is 13.0. The highest BCUT2D eigenvalue weighted by atomic mass is 16.2. The first-order valence-corrected chi connectivity index (χ1v) is 9.65. The predicted molar refractivity (Wildman–Crippen MR) is 105 cm³/mol. The first-order valence-electron chi connectivity index (χ1n) is 9.65. The van der Waals surface area contributed by atoms with E-state index in [1.54, 1.807) is 6.92 Å². The molecule has 5 atom stereocenters. The Balaban J connectivity index is 1.31. The Kier molecular flexibility index (Phi) is 3.75. The first kappa shape index (κ1) is 17.0. The Morgan fingerprint density at radius 1 is 1.00 bits per heavy atom. The van der Waals surface area contributed by atoms with Gasteiger partial charge in [0, 0.05) is 5.39 Å². The number of hydrogen-bond acceptors (Lipinski definition) is 3. The molecular formula is C22H21N3O3. The summed E-state index contributed by atoms with van der Waals surface area (Å²) in [6.07, 6.45) is 4.32. The van der Waals surface area contributed by atoms with Crippen molar-refractivity contribution in [3.05, 3.63) is 54.6 Å². The zero-order valence-corrected chi connectivity index (χ0v) is 15.5. The lowest BCUT2D eigenvalue weighted by Crippen LogP contribution is -2.51. The number of anilines is 1. The molecule has 28 heavy (non-hydrogen) atoms. The van der Waals surface area contributed by atoms with Gasteiger partial charge < -0.3 is 10.6 Å². The van der Waals surface area contributed by atoms with Crippen LogP contribution in [0.4, 0.5) is 10.5 Å². The van der Waals surface area contributed by atoms with Crippen LogP contribution < -0.4 is 10.6 Å². The Labute approximate surface area is 162 Å². The van der Waals surface area contributed by atoms with E-state index in [0.29, 0.717) is 5.69 Å². The molecule has 2 bridgehead atoms. The molecule has 2 aliphatic carbocycles. The highest BCUT2D eigenvalue weighted by Crippen LogP contribution is 2.52. The molecule has 6 nitrogen and oxygen atoms in total. The van der Waals surface area contributed by atoms with E-state index in [9.17, 15) is 14.4 Å². The van der Waals surface area contributed by atoms with E-state index in [1.807, 2.05) is 42.5 Å². The quantitative estimate of drug-likeness (QED) is 0.639. The normalized spacial score (nSPS) is 28.7. The zero-order chi connectivity index (χ0) is 19.4. The Morgan fingerprint density at radius 3 is 2.36 bits per heavy atom. The number of likely N-dealkylation sites (tertiary alicyclic amines) is 1. The van der Waals surface area contributed by atoms with Gasteiger partial charge in [-0.15, -0.1) is 0 Å². The van der Waals surface area contributed by atoms with E-state index in [0.717, 1.165) is 17.2 Å².